The van der Waals surface area contributed by atoms with Crippen LogP contribution in [0.5, 0.6) is 0 Å². The molecule has 6 nitrogen and oxygen atoms in total. The average molecular weight is 382 g/mol. The van der Waals surface area contributed by atoms with Crippen molar-refractivity contribution in [2.24, 2.45) is 5.92 Å². The van der Waals surface area contributed by atoms with Crippen LogP contribution in [0.2, 0.25) is 0 Å². The molecule has 0 fully saturated rings. The van der Waals surface area contributed by atoms with E-state index in [1.807, 2.05) is 31.2 Å². The molecular weight excluding hydrogens is 360 g/mol. The van der Waals surface area contributed by atoms with Gasteiger partial charge < -0.3 is 5.32 Å². The van der Waals surface area contributed by atoms with Crippen LogP contribution in [0.25, 0.3) is 10.2 Å². The van der Waals surface area contributed by atoms with Crippen LogP contribution >= 0.6 is 11.3 Å². The number of fused-ring (bicyclic) bond motifs is 3. The summed E-state index contributed by atoms with van der Waals surface area (Å²) in [5.74, 6) is 0.340. The van der Waals surface area contributed by atoms with E-state index in [4.69, 9.17) is 0 Å². The van der Waals surface area contributed by atoms with Crippen molar-refractivity contribution >= 4 is 33.1 Å². The van der Waals surface area contributed by atoms with Crippen LogP contribution in [-0.4, -0.2) is 20.9 Å². The zero-order chi connectivity index (χ0) is 19.1. The first-order chi connectivity index (χ1) is 12.9. The molecule has 0 bridgehead atoms. The third kappa shape index (κ3) is 3.27. The second-order valence-corrected chi connectivity index (χ2v) is 8.49. The lowest BCUT2D eigenvalue weighted by Gasteiger charge is -2.17. The molecular formula is C20H22N4O2S. The molecule has 0 saturated heterocycles. The Morgan fingerprint density at radius 3 is 2.81 bits per heavy atom. The molecule has 1 aliphatic rings. The lowest BCUT2D eigenvalue weighted by atomic mass is 9.89. The van der Waals surface area contributed by atoms with Gasteiger partial charge in [0.25, 0.3) is 5.56 Å². The smallest absolute Gasteiger partial charge is 0.279 e. The first kappa shape index (κ1) is 17.9. The zero-order valence-corrected chi connectivity index (χ0v) is 16.5. The standard InChI is InChI=1S/C20H22N4O2S/c1-11-4-7-14(8-5-11)21-18(25)13(3)24-20(26)17-15-9-6-12(2)10-16(15)27-19(17)22-23-24/h4-5,7-8,12-13H,6,9-10H2,1-3H3,(H,21,25). The second kappa shape index (κ2) is 6.88. The lowest BCUT2D eigenvalue weighted by Crippen LogP contribution is -2.34. The largest absolute Gasteiger partial charge is 0.324 e. The summed E-state index contributed by atoms with van der Waals surface area (Å²) < 4.78 is 1.21. The number of aryl methyl sites for hydroxylation is 2. The summed E-state index contributed by atoms with van der Waals surface area (Å²) in [4.78, 5) is 27.6. The molecule has 0 aliphatic heterocycles. The molecule has 27 heavy (non-hydrogen) atoms. The van der Waals surface area contributed by atoms with Crippen LogP contribution in [-0.2, 0) is 17.6 Å². The Kier molecular flexibility index (Phi) is 4.55. The molecule has 3 aromatic rings. The topological polar surface area (TPSA) is 76.9 Å². The molecule has 2 aromatic heterocycles. The average Bonchev–Trinajstić information content (AvgIpc) is 3.01. The van der Waals surface area contributed by atoms with E-state index in [0.29, 0.717) is 21.8 Å². The number of nitrogens with zero attached hydrogens (tertiary/aromatic N) is 3. The van der Waals surface area contributed by atoms with Gasteiger partial charge in [-0.05, 0) is 56.7 Å². The molecule has 0 radical (unpaired) electrons. The van der Waals surface area contributed by atoms with Crippen molar-refractivity contribution in [2.45, 2.75) is 46.1 Å². The summed E-state index contributed by atoms with van der Waals surface area (Å²) in [5.41, 5.74) is 2.69. The Bertz CT molecular complexity index is 1070. The van der Waals surface area contributed by atoms with Crippen LogP contribution < -0.4 is 10.9 Å². The monoisotopic (exact) mass is 382 g/mol. The van der Waals surface area contributed by atoms with Crippen LogP contribution in [0.15, 0.2) is 29.1 Å². The van der Waals surface area contributed by atoms with Gasteiger partial charge in [0.2, 0.25) is 5.91 Å². The predicted molar refractivity (Wildman–Crippen MR) is 107 cm³/mol. The Balaban J connectivity index is 1.66. The maximum absolute atomic E-state index is 13.1. The summed E-state index contributed by atoms with van der Waals surface area (Å²) >= 11 is 1.56. The number of carbonyl (C=O) groups excluding carboxylic acids is 1. The predicted octanol–water partition coefficient (Wildman–Crippen LogP) is 3.49. The SMILES string of the molecule is Cc1ccc(NC(=O)C(C)n2nnc3sc4c(c3c2=O)CCC(C)C4)cc1. The number of benzene rings is 1. The third-order valence-corrected chi connectivity index (χ3v) is 6.35. The van der Waals surface area contributed by atoms with Gasteiger partial charge in [0.05, 0.1) is 5.39 Å². The number of rotatable bonds is 3. The van der Waals surface area contributed by atoms with E-state index in [2.05, 4.69) is 22.6 Å². The molecule has 2 unspecified atom stereocenters. The van der Waals surface area contributed by atoms with E-state index in [0.717, 1.165) is 30.4 Å². The highest BCUT2D eigenvalue weighted by atomic mass is 32.1. The van der Waals surface area contributed by atoms with Crippen LogP contribution in [0.4, 0.5) is 5.69 Å². The van der Waals surface area contributed by atoms with E-state index in [9.17, 15) is 9.59 Å². The molecule has 2 heterocycles. The molecule has 1 N–H and O–H groups in total. The summed E-state index contributed by atoms with van der Waals surface area (Å²) in [6.07, 6.45) is 2.95. The first-order valence-corrected chi connectivity index (χ1v) is 10.0. The van der Waals surface area contributed by atoms with Crippen molar-refractivity contribution in [3.05, 3.63) is 50.6 Å². The minimum absolute atomic E-state index is 0.224. The molecule has 1 aromatic carbocycles. The van der Waals surface area contributed by atoms with Gasteiger partial charge in [-0.15, -0.1) is 16.4 Å². The number of nitrogens with one attached hydrogen (secondary N) is 1. The van der Waals surface area contributed by atoms with Gasteiger partial charge in [-0.1, -0.05) is 29.8 Å². The van der Waals surface area contributed by atoms with Crippen molar-refractivity contribution in [1.82, 2.24) is 15.0 Å². The summed E-state index contributed by atoms with van der Waals surface area (Å²) in [5, 5.41) is 11.8. The fraction of sp³-hybridized carbons (Fsp3) is 0.400. The maximum Gasteiger partial charge on any atom is 0.279 e. The number of hydrogen-bond acceptors (Lipinski definition) is 5. The van der Waals surface area contributed by atoms with Crippen LogP contribution in [0.3, 0.4) is 0 Å². The van der Waals surface area contributed by atoms with Crippen molar-refractivity contribution in [1.29, 1.82) is 0 Å². The van der Waals surface area contributed by atoms with Crippen molar-refractivity contribution in [3.63, 3.8) is 0 Å². The molecule has 1 aliphatic carbocycles. The van der Waals surface area contributed by atoms with Gasteiger partial charge in [-0.3, -0.25) is 9.59 Å². The van der Waals surface area contributed by atoms with Crippen molar-refractivity contribution in [3.8, 4) is 0 Å². The van der Waals surface area contributed by atoms with Gasteiger partial charge in [0, 0.05) is 10.6 Å². The Morgan fingerprint density at radius 2 is 2.07 bits per heavy atom. The highest BCUT2D eigenvalue weighted by molar-refractivity contribution is 7.18. The van der Waals surface area contributed by atoms with Gasteiger partial charge in [-0.2, -0.15) is 4.68 Å². The molecule has 1 amide bonds. The summed E-state index contributed by atoms with van der Waals surface area (Å²) in [7, 11) is 0. The molecule has 0 spiro atoms. The van der Waals surface area contributed by atoms with E-state index in [1.54, 1.807) is 18.3 Å². The first-order valence-electron chi connectivity index (χ1n) is 9.21. The Hall–Kier alpha value is -2.54. The lowest BCUT2D eigenvalue weighted by molar-refractivity contribution is -0.119. The summed E-state index contributed by atoms with van der Waals surface area (Å²) in [6, 6.07) is 6.80. The number of hydrogen-bond donors (Lipinski definition) is 1. The second-order valence-electron chi connectivity index (χ2n) is 7.40. The molecule has 2 atom stereocenters. The molecule has 140 valence electrons. The molecule has 7 heteroatoms. The third-order valence-electron chi connectivity index (χ3n) is 5.21. The Morgan fingerprint density at radius 1 is 1.33 bits per heavy atom. The number of carbonyl (C=O) groups is 1. The zero-order valence-electron chi connectivity index (χ0n) is 15.7. The van der Waals surface area contributed by atoms with Crippen molar-refractivity contribution < 1.29 is 4.79 Å². The fourth-order valence-electron chi connectivity index (χ4n) is 3.52. The van der Waals surface area contributed by atoms with Gasteiger partial charge >= 0.3 is 0 Å². The van der Waals surface area contributed by atoms with Gasteiger partial charge in [0.1, 0.15) is 6.04 Å². The minimum Gasteiger partial charge on any atom is -0.324 e. The van der Waals surface area contributed by atoms with Crippen molar-refractivity contribution in [2.75, 3.05) is 5.32 Å². The normalized spacial score (nSPS) is 17.5. The van der Waals surface area contributed by atoms with E-state index in [-0.39, 0.29) is 11.5 Å². The number of anilines is 1. The van der Waals surface area contributed by atoms with E-state index < -0.39 is 6.04 Å². The number of thiophene rings is 1. The minimum atomic E-state index is -0.742. The molecule has 4 rings (SSSR count). The summed E-state index contributed by atoms with van der Waals surface area (Å²) in [6.45, 7) is 5.89. The van der Waals surface area contributed by atoms with Gasteiger partial charge in [-0.25, -0.2) is 0 Å². The van der Waals surface area contributed by atoms with Crippen LogP contribution in [0, 0.1) is 12.8 Å². The highest BCUT2D eigenvalue weighted by Gasteiger charge is 2.26. The van der Waals surface area contributed by atoms with E-state index >= 15 is 0 Å². The van der Waals surface area contributed by atoms with Crippen LogP contribution in [0.1, 0.15) is 42.3 Å². The quantitative estimate of drug-likeness (QED) is 0.752. The fourth-order valence-corrected chi connectivity index (χ4v) is 4.84. The van der Waals surface area contributed by atoms with Gasteiger partial charge in [0.15, 0.2) is 4.83 Å². The van der Waals surface area contributed by atoms with E-state index in [1.165, 1.54) is 9.56 Å². The Labute approximate surface area is 161 Å². The molecule has 0 saturated carbocycles. The number of amides is 1. The highest BCUT2D eigenvalue weighted by Crippen LogP contribution is 2.35. The maximum atomic E-state index is 13.1. The number of aromatic nitrogens is 3.